The molecule has 1 aliphatic rings. The highest BCUT2D eigenvalue weighted by atomic mass is 32.2. The first-order valence-electron chi connectivity index (χ1n) is 8.08. The molecule has 0 amide bonds. The highest BCUT2D eigenvalue weighted by molar-refractivity contribution is 7.89. The van der Waals surface area contributed by atoms with Gasteiger partial charge in [0.25, 0.3) is 0 Å². The Morgan fingerprint density at radius 2 is 1.83 bits per heavy atom. The van der Waals surface area contributed by atoms with Gasteiger partial charge in [-0.25, -0.2) is 13.4 Å². The van der Waals surface area contributed by atoms with E-state index in [1.807, 2.05) is 42.5 Å². The minimum atomic E-state index is -3.39. The molecular weight excluding hydrogens is 322 g/mol. The molecule has 0 unspecified atom stereocenters. The van der Waals surface area contributed by atoms with Crippen LogP contribution in [0.4, 0.5) is 5.82 Å². The number of benzene rings is 1. The summed E-state index contributed by atoms with van der Waals surface area (Å²) in [7, 11) is -3.39. The average molecular weight is 343 g/mol. The molecule has 2 heterocycles. The minimum Gasteiger partial charge on any atom is -0.367 e. The van der Waals surface area contributed by atoms with Crippen LogP contribution in [0.3, 0.4) is 0 Å². The summed E-state index contributed by atoms with van der Waals surface area (Å²) in [6.07, 6.45) is 7.32. The molecule has 1 aromatic carbocycles. The van der Waals surface area contributed by atoms with E-state index >= 15 is 0 Å². The standard InChI is InChI=1S/C18H21N3O2S/c22-24(23,21-13-4-5-14-21)17-10-11-18(20-15-17)19-12-6-9-16-7-2-1-3-8-16/h1-3,6-11,15H,4-5,12-14H2,(H,19,20)/b9-6+. The molecule has 0 atom stereocenters. The molecule has 1 aliphatic heterocycles. The van der Waals surface area contributed by atoms with E-state index in [2.05, 4.69) is 10.3 Å². The summed E-state index contributed by atoms with van der Waals surface area (Å²) in [6, 6.07) is 13.4. The van der Waals surface area contributed by atoms with Gasteiger partial charge in [-0.15, -0.1) is 0 Å². The summed E-state index contributed by atoms with van der Waals surface area (Å²) in [4.78, 5) is 4.47. The lowest BCUT2D eigenvalue weighted by Gasteiger charge is -2.15. The van der Waals surface area contributed by atoms with Gasteiger partial charge in [-0.2, -0.15) is 4.31 Å². The van der Waals surface area contributed by atoms with Gasteiger partial charge in [0, 0.05) is 25.8 Å². The lowest BCUT2D eigenvalue weighted by molar-refractivity contribution is 0.477. The van der Waals surface area contributed by atoms with Crippen LogP contribution in [0.2, 0.25) is 0 Å². The van der Waals surface area contributed by atoms with Crippen LogP contribution in [-0.2, 0) is 10.0 Å². The quantitative estimate of drug-likeness (QED) is 0.876. The molecule has 126 valence electrons. The molecule has 0 saturated carbocycles. The number of hydrogen-bond acceptors (Lipinski definition) is 4. The third kappa shape index (κ3) is 4.01. The van der Waals surface area contributed by atoms with E-state index in [1.165, 1.54) is 10.5 Å². The van der Waals surface area contributed by atoms with E-state index in [1.54, 1.807) is 12.1 Å². The predicted molar refractivity (Wildman–Crippen MR) is 96.2 cm³/mol. The SMILES string of the molecule is O=S(=O)(c1ccc(NC/C=C/c2ccccc2)nc1)N1CCCC1. The van der Waals surface area contributed by atoms with Crippen molar-refractivity contribution in [1.82, 2.24) is 9.29 Å². The van der Waals surface area contributed by atoms with Crippen LogP contribution in [0.15, 0.2) is 59.6 Å². The second-order valence-electron chi connectivity index (χ2n) is 5.68. The molecule has 5 nitrogen and oxygen atoms in total. The van der Waals surface area contributed by atoms with E-state index in [4.69, 9.17) is 0 Å². The van der Waals surface area contributed by atoms with Crippen molar-refractivity contribution >= 4 is 21.9 Å². The normalized spacial score (nSPS) is 15.8. The third-order valence-corrected chi connectivity index (χ3v) is 5.83. The summed E-state index contributed by atoms with van der Waals surface area (Å²) in [5.74, 6) is 0.660. The van der Waals surface area contributed by atoms with Gasteiger partial charge in [-0.1, -0.05) is 42.5 Å². The molecule has 3 rings (SSSR count). The molecule has 1 saturated heterocycles. The van der Waals surface area contributed by atoms with Gasteiger partial charge in [-0.3, -0.25) is 0 Å². The number of pyridine rings is 1. The van der Waals surface area contributed by atoms with Crippen LogP contribution in [0, 0.1) is 0 Å². The Hall–Kier alpha value is -2.18. The molecule has 0 radical (unpaired) electrons. The molecule has 0 spiro atoms. The van der Waals surface area contributed by atoms with Gasteiger partial charge in [0.05, 0.1) is 0 Å². The summed E-state index contributed by atoms with van der Waals surface area (Å²) >= 11 is 0. The van der Waals surface area contributed by atoms with Gasteiger partial charge in [0.1, 0.15) is 10.7 Å². The fourth-order valence-corrected chi connectivity index (χ4v) is 4.10. The topological polar surface area (TPSA) is 62.3 Å². The highest BCUT2D eigenvalue weighted by Crippen LogP contribution is 2.20. The van der Waals surface area contributed by atoms with Crippen LogP contribution in [0.5, 0.6) is 0 Å². The van der Waals surface area contributed by atoms with Crippen molar-refractivity contribution in [2.75, 3.05) is 25.0 Å². The lowest BCUT2D eigenvalue weighted by atomic mass is 10.2. The smallest absolute Gasteiger partial charge is 0.244 e. The average Bonchev–Trinajstić information content (AvgIpc) is 3.16. The molecule has 0 bridgehead atoms. The first-order chi connectivity index (χ1) is 11.7. The number of nitrogens with one attached hydrogen (secondary N) is 1. The first kappa shape index (κ1) is 16.7. The zero-order chi connectivity index (χ0) is 16.8. The van der Waals surface area contributed by atoms with Crippen molar-refractivity contribution in [2.24, 2.45) is 0 Å². The van der Waals surface area contributed by atoms with Gasteiger partial charge < -0.3 is 5.32 Å². The van der Waals surface area contributed by atoms with E-state index < -0.39 is 10.0 Å². The Kier molecular flexibility index (Phi) is 5.27. The van der Waals surface area contributed by atoms with Crippen molar-refractivity contribution in [3.8, 4) is 0 Å². The minimum absolute atomic E-state index is 0.259. The van der Waals surface area contributed by atoms with Gasteiger partial charge >= 0.3 is 0 Å². The Bertz CT molecular complexity index is 781. The summed E-state index contributed by atoms with van der Waals surface area (Å²) in [5.41, 5.74) is 1.14. The fourth-order valence-electron chi connectivity index (χ4n) is 2.64. The molecule has 1 N–H and O–H groups in total. The van der Waals surface area contributed by atoms with Crippen LogP contribution in [0.25, 0.3) is 6.08 Å². The van der Waals surface area contributed by atoms with E-state index in [-0.39, 0.29) is 4.90 Å². The molecular formula is C18H21N3O2S. The highest BCUT2D eigenvalue weighted by Gasteiger charge is 2.27. The Morgan fingerprint density at radius 1 is 1.08 bits per heavy atom. The van der Waals surface area contributed by atoms with Crippen LogP contribution < -0.4 is 5.32 Å². The maximum atomic E-state index is 12.4. The van der Waals surface area contributed by atoms with Crippen LogP contribution in [0.1, 0.15) is 18.4 Å². The Labute approximate surface area is 143 Å². The van der Waals surface area contributed by atoms with Crippen molar-refractivity contribution in [3.05, 3.63) is 60.3 Å². The Morgan fingerprint density at radius 3 is 2.50 bits per heavy atom. The molecule has 1 fully saturated rings. The molecule has 24 heavy (non-hydrogen) atoms. The van der Waals surface area contributed by atoms with Gasteiger partial charge in [0.2, 0.25) is 10.0 Å². The molecule has 0 aliphatic carbocycles. The largest absolute Gasteiger partial charge is 0.367 e. The predicted octanol–water partition coefficient (Wildman–Crippen LogP) is 2.99. The number of aromatic nitrogens is 1. The summed E-state index contributed by atoms with van der Waals surface area (Å²) < 4.78 is 26.4. The maximum absolute atomic E-state index is 12.4. The van der Waals surface area contributed by atoms with Gasteiger partial charge in [0.15, 0.2) is 0 Å². The fraction of sp³-hybridized carbons (Fsp3) is 0.278. The van der Waals surface area contributed by atoms with Crippen molar-refractivity contribution in [2.45, 2.75) is 17.7 Å². The number of sulfonamides is 1. The number of hydrogen-bond donors (Lipinski definition) is 1. The second-order valence-corrected chi connectivity index (χ2v) is 7.62. The Balaban J connectivity index is 1.57. The van der Waals surface area contributed by atoms with Crippen molar-refractivity contribution < 1.29 is 8.42 Å². The van der Waals surface area contributed by atoms with E-state index in [0.29, 0.717) is 25.5 Å². The number of nitrogens with zero attached hydrogens (tertiary/aromatic N) is 2. The first-order valence-corrected chi connectivity index (χ1v) is 9.52. The zero-order valence-corrected chi connectivity index (χ0v) is 14.2. The third-order valence-electron chi connectivity index (χ3n) is 3.95. The zero-order valence-electron chi connectivity index (χ0n) is 13.4. The monoisotopic (exact) mass is 343 g/mol. The van der Waals surface area contributed by atoms with Crippen molar-refractivity contribution in [1.29, 1.82) is 0 Å². The lowest BCUT2D eigenvalue weighted by Crippen LogP contribution is -2.27. The molecule has 6 heteroatoms. The van der Waals surface area contributed by atoms with Gasteiger partial charge in [-0.05, 0) is 30.5 Å². The summed E-state index contributed by atoms with van der Waals surface area (Å²) in [5, 5.41) is 3.16. The maximum Gasteiger partial charge on any atom is 0.244 e. The second kappa shape index (κ2) is 7.59. The summed E-state index contributed by atoms with van der Waals surface area (Å²) in [6.45, 7) is 1.83. The number of anilines is 1. The molecule has 1 aromatic heterocycles. The number of rotatable bonds is 6. The van der Waals surface area contributed by atoms with E-state index in [0.717, 1.165) is 18.4 Å². The van der Waals surface area contributed by atoms with Crippen LogP contribution >= 0.6 is 0 Å². The molecule has 2 aromatic rings. The van der Waals surface area contributed by atoms with Crippen LogP contribution in [-0.4, -0.2) is 37.3 Å². The van der Waals surface area contributed by atoms with E-state index in [9.17, 15) is 8.42 Å². The van der Waals surface area contributed by atoms with Crippen molar-refractivity contribution in [3.63, 3.8) is 0 Å².